The van der Waals surface area contributed by atoms with Crippen LogP contribution >= 0.6 is 0 Å². The van der Waals surface area contributed by atoms with Gasteiger partial charge in [0.1, 0.15) is 12.2 Å². The molecule has 10 heteroatoms. The van der Waals surface area contributed by atoms with E-state index in [-0.39, 0.29) is 29.5 Å². The first-order valence-electron chi connectivity index (χ1n) is 10.2. The number of rotatable bonds is 7. The Morgan fingerprint density at radius 1 is 1.15 bits per heavy atom. The van der Waals surface area contributed by atoms with E-state index in [0.717, 1.165) is 30.7 Å². The number of ketones is 1. The number of benzene rings is 2. The number of carbonyl (C=O) groups excluding carboxylic acids is 1. The van der Waals surface area contributed by atoms with Crippen LogP contribution in [0.2, 0.25) is 0 Å². The third-order valence-corrected chi connectivity index (χ3v) is 6.52. The molecule has 3 aromatic rings. The number of carbonyl (C=O) groups is 1. The molecule has 0 spiro atoms. The first kappa shape index (κ1) is 23.0. The second-order valence-electron chi connectivity index (χ2n) is 8.05. The maximum Gasteiger partial charge on any atom is 0.416 e. The SMILES string of the molecule is Cn1nc(C2CC2)c(C(=O)c2ccc(C(F)(F)F)cc2S(C)(=O)=O)c1OCc1ccccc1. The Morgan fingerprint density at radius 2 is 1.82 bits per heavy atom. The van der Waals surface area contributed by atoms with Crippen molar-refractivity contribution in [3.63, 3.8) is 0 Å². The molecule has 1 fully saturated rings. The lowest BCUT2D eigenvalue weighted by Gasteiger charge is -2.13. The predicted molar refractivity (Wildman–Crippen MR) is 114 cm³/mol. The number of nitrogens with zero attached hydrogens (tertiary/aromatic N) is 2. The van der Waals surface area contributed by atoms with E-state index in [1.165, 1.54) is 4.68 Å². The summed E-state index contributed by atoms with van der Waals surface area (Å²) in [6.07, 6.45) is -2.36. The van der Waals surface area contributed by atoms with Crippen molar-refractivity contribution < 1.29 is 31.1 Å². The number of hydrogen-bond donors (Lipinski definition) is 0. The highest BCUT2D eigenvalue weighted by molar-refractivity contribution is 7.90. The summed E-state index contributed by atoms with van der Waals surface area (Å²) >= 11 is 0. The van der Waals surface area contributed by atoms with Gasteiger partial charge < -0.3 is 4.74 Å². The van der Waals surface area contributed by atoms with Crippen molar-refractivity contribution >= 4 is 15.6 Å². The van der Waals surface area contributed by atoms with Gasteiger partial charge in [0, 0.05) is 24.8 Å². The lowest BCUT2D eigenvalue weighted by molar-refractivity contribution is -0.137. The molecule has 174 valence electrons. The molecular formula is C23H21F3N2O4S. The van der Waals surface area contributed by atoms with Gasteiger partial charge in [0.2, 0.25) is 11.7 Å². The number of hydrogen-bond acceptors (Lipinski definition) is 5. The van der Waals surface area contributed by atoms with Crippen LogP contribution in [0.5, 0.6) is 5.88 Å². The summed E-state index contributed by atoms with van der Waals surface area (Å²) < 4.78 is 71.6. The predicted octanol–water partition coefficient (Wildman–Crippen LogP) is 4.53. The number of sulfone groups is 1. The molecule has 0 bridgehead atoms. The number of aryl methyl sites for hydroxylation is 1. The Bertz CT molecular complexity index is 1310. The van der Waals surface area contributed by atoms with Gasteiger partial charge in [-0.2, -0.15) is 18.3 Å². The molecule has 0 N–H and O–H groups in total. The van der Waals surface area contributed by atoms with Gasteiger partial charge in [0.05, 0.1) is 16.2 Å². The first-order chi connectivity index (χ1) is 15.5. The van der Waals surface area contributed by atoms with E-state index in [9.17, 15) is 26.4 Å². The smallest absolute Gasteiger partial charge is 0.416 e. The average Bonchev–Trinajstić information content (AvgIpc) is 3.54. The van der Waals surface area contributed by atoms with Crippen LogP contribution in [0.1, 0.15) is 51.5 Å². The minimum absolute atomic E-state index is 0.0142. The standard InChI is InChI=1S/C23H21F3N2O4S/c1-28-22(32-13-14-6-4-3-5-7-14)19(20(27-28)15-8-9-15)21(29)17-11-10-16(23(24,25)26)12-18(17)33(2,30)31/h3-7,10-12,15H,8-9,13H2,1-2H3. The van der Waals surface area contributed by atoms with E-state index in [2.05, 4.69) is 5.10 Å². The van der Waals surface area contributed by atoms with Crippen LogP contribution in [0.4, 0.5) is 13.2 Å². The van der Waals surface area contributed by atoms with Gasteiger partial charge in [-0.3, -0.25) is 4.79 Å². The lowest BCUT2D eigenvalue weighted by atomic mass is 10.00. The van der Waals surface area contributed by atoms with Crippen LogP contribution in [0.3, 0.4) is 0 Å². The van der Waals surface area contributed by atoms with Gasteiger partial charge in [0.25, 0.3) is 0 Å². The van der Waals surface area contributed by atoms with Crippen LogP contribution in [0.25, 0.3) is 0 Å². The molecule has 0 atom stereocenters. The van der Waals surface area contributed by atoms with Crippen LogP contribution in [-0.4, -0.2) is 30.2 Å². The van der Waals surface area contributed by atoms with Gasteiger partial charge in [0.15, 0.2) is 9.84 Å². The quantitative estimate of drug-likeness (QED) is 0.467. The molecule has 4 rings (SSSR count). The van der Waals surface area contributed by atoms with Crippen molar-refractivity contribution in [2.45, 2.75) is 36.4 Å². The zero-order valence-corrected chi connectivity index (χ0v) is 18.7. The van der Waals surface area contributed by atoms with E-state index in [1.54, 1.807) is 7.05 Å². The Labute approximate surface area is 188 Å². The Hall–Kier alpha value is -3.14. The molecule has 33 heavy (non-hydrogen) atoms. The van der Waals surface area contributed by atoms with E-state index in [0.29, 0.717) is 17.8 Å². The molecule has 2 aromatic carbocycles. The monoisotopic (exact) mass is 478 g/mol. The third kappa shape index (κ3) is 4.80. The van der Waals surface area contributed by atoms with E-state index >= 15 is 0 Å². The summed E-state index contributed by atoms with van der Waals surface area (Å²) in [5.41, 5.74) is -0.0967. The highest BCUT2D eigenvalue weighted by Gasteiger charge is 2.38. The number of ether oxygens (including phenoxy) is 1. The summed E-state index contributed by atoms with van der Waals surface area (Å²) in [4.78, 5) is 12.9. The van der Waals surface area contributed by atoms with E-state index in [4.69, 9.17) is 4.74 Å². The van der Waals surface area contributed by atoms with Crippen molar-refractivity contribution in [1.82, 2.24) is 9.78 Å². The highest BCUT2D eigenvalue weighted by Crippen LogP contribution is 2.44. The lowest BCUT2D eigenvalue weighted by Crippen LogP contribution is -2.14. The Morgan fingerprint density at radius 3 is 2.39 bits per heavy atom. The summed E-state index contributed by atoms with van der Waals surface area (Å²) in [6, 6.07) is 11.3. The molecule has 1 aliphatic carbocycles. The second kappa shape index (κ2) is 8.33. The minimum atomic E-state index is -4.75. The average molecular weight is 478 g/mol. The number of aromatic nitrogens is 2. The molecule has 0 saturated heterocycles. The summed E-state index contributed by atoms with van der Waals surface area (Å²) in [5.74, 6) is -0.576. The zero-order chi connectivity index (χ0) is 24.0. The molecule has 1 aliphatic rings. The second-order valence-corrected chi connectivity index (χ2v) is 10.0. The van der Waals surface area contributed by atoms with Crippen LogP contribution < -0.4 is 4.74 Å². The normalized spacial score (nSPS) is 14.3. The fraction of sp³-hybridized carbons (Fsp3) is 0.304. The maximum atomic E-state index is 13.6. The topological polar surface area (TPSA) is 78.3 Å². The molecule has 0 radical (unpaired) electrons. The van der Waals surface area contributed by atoms with Gasteiger partial charge in [-0.05, 0) is 36.6 Å². The molecule has 1 heterocycles. The Kier molecular flexibility index (Phi) is 5.81. The van der Waals surface area contributed by atoms with Crippen LogP contribution in [-0.2, 0) is 29.7 Å². The van der Waals surface area contributed by atoms with Crippen LogP contribution in [0, 0.1) is 0 Å². The molecular weight excluding hydrogens is 457 g/mol. The molecule has 0 amide bonds. The number of alkyl halides is 3. The van der Waals surface area contributed by atoms with Gasteiger partial charge in [-0.1, -0.05) is 30.3 Å². The van der Waals surface area contributed by atoms with Gasteiger partial charge in [-0.15, -0.1) is 0 Å². The molecule has 0 unspecified atom stereocenters. The summed E-state index contributed by atoms with van der Waals surface area (Å²) in [6.45, 7) is 0.136. The third-order valence-electron chi connectivity index (χ3n) is 5.38. The van der Waals surface area contributed by atoms with Crippen molar-refractivity contribution in [2.75, 3.05) is 6.26 Å². The fourth-order valence-electron chi connectivity index (χ4n) is 3.60. The van der Waals surface area contributed by atoms with Crippen LogP contribution in [0.15, 0.2) is 53.4 Å². The largest absolute Gasteiger partial charge is 0.472 e. The molecule has 6 nitrogen and oxygen atoms in total. The summed E-state index contributed by atoms with van der Waals surface area (Å²) in [5, 5.41) is 4.42. The van der Waals surface area contributed by atoms with Crippen molar-refractivity contribution in [2.24, 2.45) is 7.05 Å². The molecule has 1 aromatic heterocycles. The summed E-state index contributed by atoms with van der Waals surface area (Å²) in [7, 11) is -2.53. The van der Waals surface area contributed by atoms with E-state index < -0.39 is 32.3 Å². The van der Waals surface area contributed by atoms with Gasteiger partial charge >= 0.3 is 6.18 Å². The van der Waals surface area contributed by atoms with Crippen molar-refractivity contribution in [3.05, 3.63) is 76.5 Å². The van der Waals surface area contributed by atoms with Gasteiger partial charge in [-0.25, -0.2) is 13.1 Å². The van der Waals surface area contributed by atoms with Crippen molar-refractivity contribution in [3.8, 4) is 5.88 Å². The first-order valence-corrected chi connectivity index (χ1v) is 12.1. The van der Waals surface area contributed by atoms with Crippen molar-refractivity contribution in [1.29, 1.82) is 0 Å². The fourth-order valence-corrected chi connectivity index (χ4v) is 4.50. The molecule has 1 saturated carbocycles. The maximum absolute atomic E-state index is 13.6. The highest BCUT2D eigenvalue weighted by atomic mass is 32.2. The Balaban J connectivity index is 1.81. The molecule has 0 aliphatic heterocycles. The minimum Gasteiger partial charge on any atom is -0.472 e. The van der Waals surface area contributed by atoms with E-state index in [1.807, 2.05) is 30.3 Å². The zero-order valence-electron chi connectivity index (χ0n) is 17.9. The number of halogens is 3.